The van der Waals surface area contributed by atoms with Gasteiger partial charge in [0.25, 0.3) is 0 Å². The van der Waals surface area contributed by atoms with Crippen molar-refractivity contribution in [2.45, 2.75) is 0 Å². The zero-order chi connectivity index (χ0) is 12.5. The molecule has 0 radical (unpaired) electrons. The van der Waals surface area contributed by atoms with Crippen molar-refractivity contribution in [3.05, 3.63) is 47.7 Å². The minimum atomic E-state index is 0.434. The predicted molar refractivity (Wildman–Crippen MR) is 71.1 cm³/mol. The van der Waals surface area contributed by atoms with E-state index in [1.165, 1.54) is 0 Å². The number of rotatable bonds is 2. The largest absolute Gasteiger partial charge is 0.463 e. The van der Waals surface area contributed by atoms with E-state index in [1.54, 1.807) is 6.26 Å². The van der Waals surface area contributed by atoms with E-state index in [0.29, 0.717) is 16.6 Å². The van der Waals surface area contributed by atoms with Crippen LogP contribution in [0.1, 0.15) is 0 Å². The standard InChI is InChI=1S/C13H10ClN3O/c14-9-5-3-8(4-6-9)11-12(16-17-13(11)15)10-2-1-7-18-10/h1-7H,(H3,15,16,17). The van der Waals surface area contributed by atoms with E-state index in [9.17, 15) is 0 Å². The van der Waals surface area contributed by atoms with Gasteiger partial charge >= 0.3 is 0 Å². The van der Waals surface area contributed by atoms with Gasteiger partial charge in [0.1, 0.15) is 5.69 Å². The Hall–Kier alpha value is -2.20. The van der Waals surface area contributed by atoms with Crippen molar-refractivity contribution < 1.29 is 4.42 Å². The first-order chi connectivity index (χ1) is 8.75. The van der Waals surface area contributed by atoms with Gasteiger partial charge in [0.15, 0.2) is 11.6 Å². The molecule has 0 aliphatic heterocycles. The number of halogens is 1. The molecule has 0 spiro atoms. The summed E-state index contributed by atoms with van der Waals surface area (Å²) in [5.41, 5.74) is 8.43. The molecule has 3 aromatic rings. The second kappa shape index (κ2) is 4.23. The smallest absolute Gasteiger partial charge is 0.153 e. The van der Waals surface area contributed by atoms with E-state index in [4.69, 9.17) is 21.8 Å². The minimum Gasteiger partial charge on any atom is -0.463 e. The molecule has 0 atom stereocenters. The summed E-state index contributed by atoms with van der Waals surface area (Å²) in [5, 5.41) is 7.60. The van der Waals surface area contributed by atoms with Crippen LogP contribution in [0, 0.1) is 0 Å². The quantitative estimate of drug-likeness (QED) is 0.739. The lowest BCUT2D eigenvalue weighted by atomic mass is 10.0. The molecule has 0 amide bonds. The molecule has 1 aromatic carbocycles. The van der Waals surface area contributed by atoms with Crippen molar-refractivity contribution in [1.29, 1.82) is 0 Å². The topological polar surface area (TPSA) is 67.8 Å². The summed E-state index contributed by atoms with van der Waals surface area (Å²) in [6.45, 7) is 0. The number of nitrogen functional groups attached to an aromatic ring is 1. The van der Waals surface area contributed by atoms with Crippen LogP contribution >= 0.6 is 11.6 Å². The molecule has 0 saturated heterocycles. The zero-order valence-electron chi connectivity index (χ0n) is 9.35. The number of nitrogens with one attached hydrogen (secondary N) is 1. The minimum absolute atomic E-state index is 0.434. The number of nitrogens with two attached hydrogens (primary N) is 1. The molecule has 0 unspecified atom stereocenters. The molecule has 4 nitrogen and oxygen atoms in total. The highest BCUT2D eigenvalue weighted by molar-refractivity contribution is 6.30. The van der Waals surface area contributed by atoms with Crippen molar-refractivity contribution in [3.63, 3.8) is 0 Å². The van der Waals surface area contributed by atoms with Crippen LogP contribution in [-0.2, 0) is 0 Å². The maximum absolute atomic E-state index is 5.90. The van der Waals surface area contributed by atoms with Crippen molar-refractivity contribution in [3.8, 4) is 22.6 Å². The number of benzene rings is 1. The number of hydrogen-bond acceptors (Lipinski definition) is 3. The van der Waals surface area contributed by atoms with Crippen molar-refractivity contribution in [2.75, 3.05) is 5.73 Å². The molecule has 2 heterocycles. The Kier molecular flexibility index (Phi) is 2.57. The van der Waals surface area contributed by atoms with Crippen LogP contribution in [0.25, 0.3) is 22.6 Å². The Morgan fingerprint density at radius 1 is 1.17 bits per heavy atom. The second-order valence-electron chi connectivity index (χ2n) is 3.84. The average Bonchev–Trinajstić information content (AvgIpc) is 2.99. The SMILES string of the molecule is Nc1n[nH]c(-c2ccco2)c1-c1ccc(Cl)cc1. The molecule has 3 rings (SSSR count). The van der Waals surface area contributed by atoms with Crippen molar-refractivity contribution in [2.24, 2.45) is 0 Å². The van der Waals surface area contributed by atoms with Gasteiger partial charge in [0.2, 0.25) is 0 Å². The number of furan rings is 1. The Morgan fingerprint density at radius 3 is 2.61 bits per heavy atom. The molecular weight excluding hydrogens is 250 g/mol. The van der Waals surface area contributed by atoms with Crippen LogP contribution in [0.3, 0.4) is 0 Å². The monoisotopic (exact) mass is 259 g/mol. The van der Waals surface area contributed by atoms with E-state index < -0.39 is 0 Å². The average molecular weight is 260 g/mol. The van der Waals surface area contributed by atoms with Gasteiger partial charge in [0, 0.05) is 5.02 Å². The third-order valence-corrected chi connectivity index (χ3v) is 2.95. The fourth-order valence-electron chi connectivity index (χ4n) is 1.86. The molecule has 0 aliphatic rings. The number of H-pyrrole nitrogens is 1. The second-order valence-corrected chi connectivity index (χ2v) is 4.28. The molecular formula is C13H10ClN3O. The number of nitrogens with zero attached hydrogens (tertiary/aromatic N) is 1. The summed E-state index contributed by atoms with van der Waals surface area (Å²) in [7, 11) is 0. The first-order valence-corrected chi connectivity index (χ1v) is 5.77. The maximum Gasteiger partial charge on any atom is 0.153 e. The maximum atomic E-state index is 5.90. The summed E-state index contributed by atoms with van der Waals surface area (Å²) in [6, 6.07) is 11.1. The summed E-state index contributed by atoms with van der Waals surface area (Å²) < 4.78 is 5.37. The molecule has 2 aromatic heterocycles. The lowest BCUT2D eigenvalue weighted by molar-refractivity contribution is 0.580. The molecule has 0 fully saturated rings. The summed E-state index contributed by atoms with van der Waals surface area (Å²) >= 11 is 5.88. The normalized spacial score (nSPS) is 10.7. The lowest BCUT2D eigenvalue weighted by Gasteiger charge is -2.02. The molecule has 5 heteroatoms. The van der Waals surface area contributed by atoms with Crippen molar-refractivity contribution >= 4 is 17.4 Å². The van der Waals surface area contributed by atoms with Gasteiger partial charge in [-0.05, 0) is 29.8 Å². The van der Waals surface area contributed by atoms with Crippen LogP contribution < -0.4 is 5.73 Å². The number of aromatic amines is 1. The molecule has 0 bridgehead atoms. The highest BCUT2D eigenvalue weighted by atomic mass is 35.5. The molecule has 90 valence electrons. The van der Waals surface area contributed by atoms with Gasteiger partial charge in [-0.2, -0.15) is 5.10 Å². The third kappa shape index (κ3) is 1.76. The van der Waals surface area contributed by atoms with Crippen LogP contribution in [0.5, 0.6) is 0 Å². The summed E-state index contributed by atoms with van der Waals surface area (Å²) in [5.74, 6) is 1.13. The van der Waals surface area contributed by atoms with Crippen LogP contribution in [0.2, 0.25) is 5.02 Å². The Balaban J connectivity index is 2.17. The Labute approximate surface area is 108 Å². The van der Waals surface area contributed by atoms with Gasteiger partial charge in [-0.1, -0.05) is 23.7 Å². The number of hydrogen-bond donors (Lipinski definition) is 2. The van der Waals surface area contributed by atoms with Gasteiger partial charge in [0.05, 0.1) is 11.8 Å². The first-order valence-electron chi connectivity index (χ1n) is 5.39. The Bertz CT molecular complexity index is 656. The van der Waals surface area contributed by atoms with Crippen molar-refractivity contribution in [1.82, 2.24) is 10.2 Å². The predicted octanol–water partition coefficient (Wildman–Crippen LogP) is 3.57. The van der Waals surface area contributed by atoms with Crippen LogP contribution in [0.15, 0.2) is 47.1 Å². The highest BCUT2D eigenvalue weighted by Gasteiger charge is 2.16. The zero-order valence-corrected chi connectivity index (χ0v) is 10.1. The fourth-order valence-corrected chi connectivity index (χ4v) is 1.99. The third-order valence-electron chi connectivity index (χ3n) is 2.69. The van der Waals surface area contributed by atoms with E-state index in [2.05, 4.69) is 10.2 Å². The highest BCUT2D eigenvalue weighted by Crippen LogP contribution is 2.35. The lowest BCUT2D eigenvalue weighted by Crippen LogP contribution is -1.88. The first kappa shape index (κ1) is 10.9. The fraction of sp³-hybridized carbons (Fsp3) is 0. The summed E-state index contributed by atoms with van der Waals surface area (Å²) in [6.07, 6.45) is 1.61. The summed E-state index contributed by atoms with van der Waals surface area (Å²) in [4.78, 5) is 0. The van der Waals surface area contributed by atoms with E-state index >= 15 is 0 Å². The van der Waals surface area contributed by atoms with E-state index in [0.717, 1.165) is 16.8 Å². The molecule has 0 aliphatic carbocycles. The van der Waals surface area contributed by atoms with E-state index in [1.807, 2.05) is 36.4 Å². The van der Waals surface area contributed by atoms with Gasteiger partial charge in [-0.25, -0.2) is 0 Å². The molecule has 18 heavy (non-hydrogen) atoms. The number of anilines is 1. The molecule has 0 saturated carbocycles. The Morgan fingerprint density at radius 2 is 1.94 bits per heavy atom. The van der Waals surface area contributed by atoms with Gasteiger partial charge in [-0.3, -0.25) is 5.10 Å². The van der Waals surface area contributed by atoms with Gasteiger partial charge < -0.3 is 10.2 Å². The molecule has 3 N–H and O–H groups in total. The number of aromatic nitrogens is 2. The van der Waals surface area contributed by atoms with Crippen LogP contribution in [-0.4, -0.2) is 10.2 Å². The van der Waals surface area contributed by atoms with Crippen LogP contribution in [0.4, 0.5) is 5.82 Å². The van der Waals surface area contributed by atoms with E-state index in [-0.39, 0.29) is 0 Å². The van der Waals surface area contributed by atoms with Gasteiger partial charge in [-0.15, -0.1) is 0 Å².